The molecule has 11 nitrogen and oxygen atoms in total. The van der Waals surface area contributed by atoms with Crippen LogP contribution in [0.3, 0.4) is 0 Å². The Hall–Kier alpha value is -4.09. The first kappa shape index (κ1) is 26.5. The molecule has 4 N–H and O–H groups in total. The zero-order valence-corrected chi connectivity index (χ0v) is 20.4. The van der Waals surface area contributed by atoms with Gasteiger partial charge in [-0.15, -0.1) is 0 Å². The molecular formula is C23H20Cl2N4O7. The molecule has 2 amide bonds. The van der Waals surface area contributed by atoms with E-state index in [2.05, 4.69) is 20.6 Å². The van der Waals surface area contributed by atoms with E-state index in [1.807, 2.05) is 0 Å². The minimum Gasteiger partial charge on any atom is -0.496 e. The summed E-state index contributed by atoms with van der Waals surface area (Å²) in [6.07, 6.45) is 0.739. The number of aromatic nitrogens is 2. The van der Waals surface area contributed by atoms with Gasteiger partial charge in [-0.05, 0) is 24.3 Å². The lowest BCUT2D eigenvalue weighted by atomic mass is 10.1. The van der Waals surface area contributed by atoms with Gasteiger partial charge in [0.2, 0.25) is 0 Å². The van der Waals surface area contributed by atoms with E-state index >= 15 is 0 Å². The van der Waals surface area contributed by atoms with Crippen LogP contribution in [-0.4, -0.2) is 53.1 Å². The lowest BCUT2D eigenvalue weighted by Crippen LogP contribution is -2.43. The third-order valence-electron chi connectivity index (χ3n) is 5.00. The Morgan fingerprint density at radius 3 is 2.14 bits per heavy atom. The maximum atomic E-state index is 13.0. The number of carbonyl (C=O) groups is 3. The number of hydrogen-bond acceptors (Lipinski definition) is 7. The van der Waals surface area contributed by atoms with E-state index in [1.54, 1.807) is 12.1 Å². The van der Waals surface area contributed by atoms with Crippen molar-refractivity contribution >= 4 is 46.8 Å². The molecule has 13 heteroatoms. The first-order valence-corrected chi connectivity index (χ1v) is 11.0. The fourth-order valence-electron chi connectivity index (χ4n) is 3.30. The number of anilines is 1. The highest BCUT2D eigenvalue weighted by Crippen LogP contribution is 2.29. The van der Waals surface area contributed by atoms with Crippen molar-refractivity contribution in [3.05, 3.63) is 79.8 Å². The van der Waals surface area contributed by atoms with Gasteiger partial charge < -0.3 is 25.2 Å². The van der Waals surface area contributed by atoms with Gasteiger partial charge in [0.25, 0.3) is 11.8 Å². The number of benzene rings is 2. The van der Waals surface area contributed by atoms with E-state index in [1.165, 1.54) is 38.5 Å². The lowest BCUT2D eigenvalue weighted by molar-refractivity contribution is -0.139. The number of H-pyrrole nitrogens is 1. The number of nitrogens with one attached hydrogen (secondary N) is 3. The molecule has 0 fully saturated rings. The molecule has 0 radical (unpaired) electrons. The van der Waals surface area contributed by atoms with Crippen molar-refractivity contribution in [2.45, 2.75) is 12.5 Å². The highest BCUT2D eigenvalue weighted by Gasteiger charge is 2.27. The molecule has 36 heavy (non-hydrogen) atoms. The van der Waals surface area contributed by atoms with Crippen molar-refractivity contribution in [1.82, 2.24) is 15.3 Å². The third kappa shape index (κ3) is 5.93. The van der Waals surface area contributed by atoms with Crippen molar-refractivity contribution in [2.24, 2.45) is 0 Å². The monoisotopic (exact) mass is 534 g/mol. The van der Waals surface area contributed by atoms with Gasteiger partial charge in [-0.3, -0.25) is 14.6 Å². The number of carboxylic acids is 1. The Morgan fingerprint density at radius 1 is 1.00 bits per heavy atom. The molecule has 1 heterocycles. The predicted octanol–water partition coefficient (Wildman–Crippen LogP) is 2.77. The zero-order valence-electron chi connectivity index (χ0n) is 18.9. The molecule has 0 aliphatic heterocycles. The van der Waals surface area contributed by atoms with Gasteiger partial charge in [0, 0.05) is 18.2 Å². The van der Waals surface area contributed by atoms with Crippen LogP contribution < -0.4 is 25.8 Å². The third-order valence-corrected chi connectivity index (χ3v) is 5.63. The first-order chi connectivity index (χ1) is 17.2. The van der Waals surface area contributed by atoms with Crippen LogP contribution in [0.2, 0.25) is 10.0 Å². The van der Waals surface area contributed by atoms with E-state index in [4.69, 9.17) is 32.7 Å². The van der Waals surface area contributed by atoms with E-state index in [9.17, 15) is 24.3 Å². The summed E-state index contributed by atoms with van der Waals surface area (Å²) in [4.78, 5) is 55.6. The second kappa shape index (κ2) is 11.6. The number of methoxy groups -OCH3 is 2. The summed E-state index contributed by atoms with van der Waals surface area (Å²) in [5.74, 6) is -2.69. The summed E-state index contributed by atoms with van der Waals surface area (Å²) in [5, 5.41) is 14.8. The Morgan fingerprint density at radius 2 is 1.58 bits per heavy atom. The molecule has 1 aromatic heterocycles. The summed E-state index contributed by atoms with van der Waals surface area (Å²) in [7, 11) is 2.71. The van der Waals surface area contributed by atoms with Crippen LogP contribution in [0.5, 0.6) is 11.5 Å². The quantitative estimate of drug-likeness (QED) is 0.326. The number of nitrogens with zero attached hydrogens (tertiary/aromatic N) is 1. The minimum absolute atomic E-state index is 0.00442. The molecule has 2 aromatic carbocycles. The Bertz CT molecular complexity index is 1330. The number of carbonyl (C=O) groups excluding carboxylic acids is 2. The van der Waals surface area contributed by atoms with Gasteiger partial charge >= 0.3 is 11.7 Å². The van der Waals surface area contributed by atoms with Crippen molar-refractivity contribution in [2.75, 3.05) is 19.5 Å². The van der Waals surface area contributed by atoms with Gasteiger partial charge in [-0.2, -0.15) is 0 Å². The van der Waals surface area contributed by atoms with Gasteiger partial charge in [0.05, 0.1) is 29.8 Å². The SMILES string of the molecule is COc1cccc(OC)c1C(=O)N[C@@H](Cc1cnc(=O)[nH]c1NC(=O)c1c(Cl)cccc1Cl)C(=O)O. The Balaban J connectivity index is 1.90. The standard InChI is InChI=1S/C23H20Cl2N4O7/c1-35-15-7-4-8-16(36-2)18(15)21(31)27-14(22(32)33)9-11-10-26-23(34)29-19(11)28-20(30)17-12(24)5-3-6-13(17)25/h3-8,10,14H,9H2,1-2H3,(H,27,31)(H,32,33)(H2,26,28,29,30,34)/t14-/m0/s1. The summed E-state index contributed by atoms with van der Waals surface area (Å²) in [6.45, 7) is 0. The number of halogens is 2. The molecule has 0 spiro atoms. The molecule has 188 valence electrons. The number of carboxylic acid groups (broad SMARTS) is 1. The van der Waals surface area contributed by atoms with E-state index in [0.717, 1.165) is 6.20 Å². The number of ether oxygens (including phenoxy) is 2. The summed E-state index contributed by atoms with van der Waals surface area (Å²) in [5.41, 5.74) is -0.731. The van der Waals surface area contributed by atoms with Crippen LogP contribution in [-0.2, 0) is 11.2 Å². The second-order valence-corrected chi connectivity index (χ2v) is 8.06. The van der Waals surface area contributed by atoms with Crippen LogP contribution in [0.1, 0.15) is 26.3 Å². The maximum Gasteiger partial charge on any atom is 0.346 e. The number of aliphatic carboxylic acids is 1. The van der Waals surface area contributed by atoms with Crippen LogP contribution in [0, 0.1) is 0 Å². The van der Waals surface area contributed by atoms with E-state index in [-0.39, 0.29) is 50.5 Å². The normalized spacial score (nSPS) is 11.3. The summed E-state index contributed by atoms with van der Waals surface area (Å²) in [6, 6.07) is 7.63. The van der Waals surface area contributed by atoms with Crippen molar-refractivity contribution < 1.29 is 29.0 Å². The Labute approximate surface area is 214 Å². The van der Waals surface area contributed by atoms with Crippen LogP contribution in [0.25, 0.3) is 0 Å². The van der Waals surface area contributed by atoms with Crippen molar-refractivity contribution in [3.63, 3.8) is 0 Å². The van der Waals surface area contributed by atoms with Crippen molar-refractivity contribution in [3.8, 4) is 11.5 Å². The Kier molecular flexibility index (Phi) is 8.51. The smallest absolute Gasteiger partial charge is 0.346 e. The number of hydrogen-bond donors (Lipinski definition) is 4. The van der Waals surface area contributed by atoms with Gasteiger partial charge in [-0.1, -0.05) is 35.3 Å². The highest BCUT2D eigenvalue weighted by atomic mass is 35.5. The van der Waals surface area contributed by atoms with Crippen molar-refractivity contribution in [1.29, 1.82) is 0 Å². The van der Waals surface area contributed by atoms with Gasteiger partial charge in [0.15, 0.2) is 0 Å². The number of amides is 2. The molecule has 0 saturated heterocycles. The fourth-order valence-corrected chi connectivity index (χ4v) is 3.87. The summed E-state index contributed by atoms with van der Waals surface area (Å²) >= 11 is 12.2. The predicted molar refractivity (Wildman–Crippen MR) is 131 cm³/mol. The number of aromatic amines is 1. The topological polar surface area (TPSA) is 160 Å². The summed E-state index contributed by atoms with van der Waals surface area (Å²) < 4.78 is 10.4. The minimum atomic E-state index is -1.49. The second-order valence-electron chi connectivity index (χ2n) is 7.25. The van der Waals surface area contributed by atoms with Crippen LogP contribution in [0.15, 0.2) is 47.4 Å². The van der Waals surface area contributed by atoms with Crippen LogP contribution >= 0.6 is 23.2 Å². The molecule has 0 saturated carbocycles. The number of rotatable bonds is 9. The lowest BCUT2D eigenvalue weighted by Gasteiger charge is -2.18. The van der Waals surface area contributed by atoms with Gasteiger partial charge in [-0.25, -0.2) is 14.6 Å². The molecule has 3 aromatic rings. The largest absolute Gasteiger partial charge is 0.496 e. The fraction of sp³-hybridized carbons (Fsp3) is 0.174. The molecular weight excluding hydrogens is 515 g/mol. The van der Waals surface area contributed by atoms with Crippen LogP contribution in [0.4, 0.5) is 5.82 Å². The average molecular weight is 535 g/mol. The molecule has 0 unspecified atom stereocenters. The average Bonchev–Trinajstić information content (AvgIpc) is 2.84. The molecule has 0 bridgehead atoms. The van der Waals surface area contributed by atoms with Gasteiger partial charge in [0.1, 0.15) is 28.9 Å². The highest BCUT2D eigenvalue weighted by molar-refractivity contribution is 6.40. The molecule has 1 atom stereocenters. The zero-order chi connectivity index (χ0) is 26.4. The first-order valence-electron chi connectivity index (χ1n) is 10.2. The molecule has 0 aliphatic rings. The van der Waals surface area contributed by atoms with E-state index < -0.39 is 29.5 Å². The van der Waals surface area contributed by atoms with E-state index in [0.29, 0.717) is 0 Å². The molecule has 0 aliphatic carbocycles. The molecule has 3 rings (SSSR count). The maximum absolute atomic E-state index is 13.0.